The summed E-state index contributed by atoms with van der Waals surface area (Å²) in [5.74, 6) is -0.541. The SMILES string of the molecule is CC(C)(C)CCCOc1cc(F)ccc1[N+](=O)[O-]. The molecule has 0 radical (unpaired) electrons. The Labute approximate surface area is 106 Å². The second-order valence-corrected chi connectivity index (χ2v) is 5.38. The molecular weight excluding hydrogens is 237 g/mol. The topological polar surface area (TPSA) is 52.4 Å². The number of nitro benzene ring substituents is 1. The van der Waals surface area contributed by atoms with Gasteiger partial charge in [0.25, 0.3) is 0 Å². The van der Waals surface area contributed by atoms with Gasteiger partial charge in [-0.2, -0.15) is 0 Å². The minimum Gasteiger partial charge on any atom is -0.487 e. The zero-order valence-corrected chi connectivity index (χ0v) is 10.9. The van der Waals surface area contributed by atoms with Crippen molar-refractivity contribution in [2.24, 2.45) is 5.41 Å². The standard InChI is InChI=1S/C13H18FNO3/c1-13(2,3)7-4-8-18-12-9-10(14)5-6-11(12)15(16)17/h5-6,9H,4,7-8H2,1-3H3. The zero-order valence-electron chi connectivity index (χ0n) is 10.9. The first-order valence-corrected chi connectivity index (χ1v) is 5.86. The van der Waals surface area contributed by atoms with Gasteiger partial charge >= 0.3 is 5.69 Å². The molecule has 0 aliphatic heterocycles. The summed E-state index contributed by atoms with van der Waals surface area (Å²) >= 11 is 0. The predicted octanol–water partition coefficient (Wildman–Crippen LogP) is 3.94. The molecule has 0 amide bonds. The summed E-state index contributed by atoms with van der Waals surface area (Å²) in [6.07, 6.45) is 1.72. The van der Waals surface area contributed by atoms with Crippen LogP contribution in [0.3, 0.4) is 0 Å². The van der Waals surface area contributed by atoms with E-state index in [0.29, 0.717) is 6.61 Å². The minimum atomic E-state index is -0.571. The number of halogens is 1. The van der Waals surface area contributed by atoms with Gasteiger partial charge in [0.05, 0.1) is 11.5 Å². The average molecular weight is 255 g/mol. The summed E-state index contributed by atoms with van der Waals surface area (Å²) in [6.45, 7) is 6.68. The molecule has 4 nitrogen and oxygen atoms in total. The van der Waals surface area contributed by atoms with Crippen LogP contribution in [0, 0.1) is 21.3 Å². The molecule has 0 heterocycles. The van der Waals surface area contributed by atoms with Crippen LogP contribution in [0.1, 0.15) is 33.6 Å². The van der Waals surface area contributed by atoms with Crippen molar-refractivity contribution in [3.63, 3.8) is 0 Å². The number of rotatable bonds is 5. The number of hydrogen-bond donors (Lipinski definition) is 0. The van der Waals surface area contributed by atoms with Crippen LogP contribution in [0.4, 0.5) is 10.1 Å². The first-order chi connectivity index (χ1) is 8.29. The summed E-state index contributed by atoms with van der Waals surface area (Å²) < 4.78 is 18.3. The van der Waals surface area contributed by atoms with Crippen LogP contribution in [0.25, 0.3) is 0 Å². The van der Waals surface area contributed by atoms with Crippen LogP contribution in [-0.2, 0) is 0 Å². The zero-order chi connectivity index (χ0) is 13.8. The Kier molecular flexibility index (Phi) is 4.64. The lowest BCUT2D eigenvalue weighted by Gasteiger charge is -2.17. The van der Waals surface area contributed by atoms with Gasteiger partial charge < -0.3 is 4.74 Å². The van der Waals surface area contributed by atoms with E-state index in [1.807, 2.05) is 0 Å². The molecule has 0 fully saturated rings. The second-order valence-electron chi connectivity index (χ2n) is 5.38. The van der Waals surface area contributed by atoms with Crippen molar-refractivity contribution in [3.05, 3.63) is 34.1 Å². The maximum absolute atomic E-state index is 13.0. The Balaban J connectivity index is 2.61. The van der Waals surface area contributed by atoms with Crippen molar-refractivity contribution in [2.75, 3.05) is 6.61 Å². The molecule has 1 rings (SSSR count). The maximum atomic E-state index is 13.0. The van der Waals surface area contributed by atoms with Gasteiger partial charge in [-0.05, 0) is 24.3 Å². The molecule has 0 aliphatic rings. The fourth-order valence-electron chi connectivity index (χ4n) is 1.54. The molecular formula is C13H18FNO3. The summed E-state index contributed by atoms with van der Waals surface area (Å²) in [7, 11) is 0. The number of benzene rings is 1. The Morgan fingerprint density at radius 1 is 1.39 bits per heavy atom. The smallest absolute Gasteiger partial charge is 0.311 e. The van der Waals surface area contributed by atoms with Crippen LogP contribution in [0.2, 0.25) is 0 Å². The normalized spacial score (nSPS) is 11.3. The van der Waals surface area contributed by atoms with Crippen molar-refractivity contribution in [3.8, 4) is 5.75 Å². The molecule has 0 saturated heterocycles. The third kappa shape index (κ3) is 4.69. The number of nitrogens with zero attached hydrogens (tertiary/aromatic N) is 1. The molecule has 0 unspecified atom stereocenters. The molecule has 0 N–H and O–H groups in total. The third-order valence-corrected chi connectivity index (χ3v) is 2.45. The molecule has 100 valence electrons. The molecule has 18 heavy (non-hydrogen) atoms. The average Bonchev–Trinajstić information content (AvgIpc) is 2.22. The maximum Gasteiger partial charge on any atom is 0.311 e. The fourth-order valence-corrected chi connectivity index (χ4v) is 1.54. The van der Waals surface area contributed by atoms with Gasteiger partial charge in [0.15, 0.2) is 5.75 Å². The van der Waals surface area contributed by atoms with E-state index in [0.717, 1.165) is 31.0 Å². The van der Waals surface area contributed by atoms with Gasteiger partial charge in [0.2, 0.25) is 0 Å². The van der Waals surface area contributed by atoms with Gasteiger partial charge in [-0.15, -0.1) is 0 Å². The first kappa shape index (κ1) is 14.4. The molecule has 0 spiro atoms. The lowest BCUT2D eigenvalue weighted by atomic mass is 9.91. The molecule has 0 aliphatic carbocycles. The first-order valence-electron chi connectivity index (χ1n) is 5.86. The van der Waals surface area contributed by atoms with Crippen molar-refractivity contribution in [1.29, 1.82) is 0 Å². The third-order valence-electron chi connectivity index (χ3n) is 2.45. The highest BCUT2D eigenvalue weighted by Gasteiger charge is 2.16. The van der Waals surface area contributed by atoms with Crippen molar-refractivity contribution in [2.45, 2.75) is 33.6 Å². The Morgan fingerprint density at radius 3 is 2.61 bits per heavy atom. The van der Waals surface area contributed by atoms with Gasteiger partial charge in [-0.3, -0.25) is 10.1 Å². The Morgan fingerprint density at radius 2 is 2.06 bits per heavy atom. The van der Waals surface area contributed by atoms with E-state index in [1.54, 1.807) is 0 Å². The molecule has 1 aromatic rings. The van der Waals surface area contributed by atoms with Gasteiger partial charge in [-0.25, -0.2) is 4.39 Å². The van der Waals surface area contributed by atoms with Crippen LogP contribution in [0.5, 0.6) is 5.75 Å². The minimum absolute atomic E-state index is 0.00564. The lowest BCUT2D eigenvalue weighted by Crippen LogP contribution is -2.08. The van der Waals surface area contributed by atoms with Crippen LogP contribution in [-0.4, -0.2) is 11.5 Å². The Hall–Kier alpha value is -1.65. The van der Waals surface area contributed by atoms with Gasteiger partial charge in [-0.1, -0.05) is 20.8 Å². The van der Waals surface area contributed by atoms with E-state index < -0.39 is 10.7 Å². The predicted molar refractivity (Wildman–Crippen MR) is 67.2 cm³/mol. The number of nitro groups is 1. The molecule has 0 bridgehead atoms. The largest absolute Gasteiger partial charge is 0.487 e. The highest BCUT2D eigenvalue weighted by molar-refractivity contribution is 5.46. The van der Waals surface area contributed by atoms with E-state index in [1.165, 1.54) is 0 Å². The summed E-state index contributed by atoms with van der Waals surface area (Å²) in [6, 6.07) is 3.23. The van der Waals surface area contributed by atoms with Crippen molar-refractivity contribution in [1.82, 2.24) is 0 Å². The molecule has 0 saturated carbocycles. The lowest BCUT2D eigenvalue weighted by molar-refractivity contribution is -0.385. The van der Waals surface area contributed by atoms with Gasteiger partial charge in [0.1, 0.15) is 5.82 Å². The molecule has 0 aromatic heterocycles. The van der Waals surface area contributed by atoms with Crippen LogP contribution >= 0.6 is 0 Å². The fraction of sp³-hybridized carbons (Fsp3) is 0.538. The van der Waals surface area contributed by atoms with E-state index in [2.05, 4.69) is 20.8 Å². The van der Waals surface area contributed by atoms with Crippen molar-refractivity contribution >= 4 is 5.69 Å². The summed E-state index contributed by atoms with van der Waals surface area (Å²) in [5.41, 5.74) is -0.0100. The monoisotopic (exact) mass is 255 g/mol. The highest BCUT2D eigenvalue weighted by atomic mass is 19.1. The van der Waals surface area contributed by atoms with Crippen LogP contribution in [0.15, 0.2) is 18.2 Å². The summed E-state index contributed by atoms with van der Waals surface area (Å²) in [5, 5.41) is 10.7. The summed E-state index contributed by atoms with van der Waals surface area (Å²) in [4.78, 5) is 10.2. The Bertz CT molecular complexity index is 427. The van der Waals surface area contributed by atoms with E-state index in [9.17, 15) is 14.5 Å². The highest BCUT2D eigenvalue weighted by Crippen LogP contribution is 2.28. The molecule has 5 heteroatoms. The quantitative estimate of drug-likeness (QED) is 0.455. The van der Waals surface area contributed by atoms with Crippen LogP contribution < -0.4 is 4.74 Å². The molecule has 0 atom stereocenters. The van der Waals surface area contributed by atoms with Crippen molar-refractivity contribution < 1.29 is 14.1 Å². The number of hydrogen-bond acceptors (Lipinski definition) is 3. The van der Waals surface area contributed by atoms with E-state index >= 15 is 0 Å². The second kappa shape index (κ2) is 5.80. The van der Waals surface area contributed by atoms with Gasteiger partial charge in [0, 0.05) is 12.1 Å². The van der Waals surface area contributed by atoms with E-state index in [-0.39, 0.29) is 16.9 Å². The van der Waals surface area contributed by atoms with E-state index in [4.69, 9.17) is 4.74 Å². The number of ether oxygens (including phenoxy) is 1. The molecule has 1 aromatic carbocycles.